The highest BCUT2D eigenvalue weighted by atomic mass is 16.1. The third kappa shape index (κ3) is 1.66. The van der Waals surface area contributed by atoms with Crippen LogP contribution >= 0.6 is 0 Å². The molecule has 0 aromatic heterocycles. The van der Waals surface area contributed by atoms with Crippen LogP contribution in [-0.4, -0.2) is 5.78 Å². The molecule has 2 atom stereocenters. The van der Waals surface area contributed by atoms with Crippen LogP contribution in [0.15, 0.2) is 23.3 Å². The van der Waals surface area contributed by atoms with Crippen molar-refractivity contribution in [2.24, 2.45) is 17.3 Å². The third-order valence-electron chi connectivity index (χ3n) is 4.60. The molecule has 2 unspecified atom stereocenters. The third-order valence-corrected chi connectivity index (χ3v) is 4.60. The van der Waals surface area contributed by atoms with Crippen molar-refractivity contribution in [2.75, 3.05) is 0 Å². The summed E-state index contributed by atoms with van der Waals surface area (Å²) in [5.74, 6) is 1.46. The molecule has 0 amide bonds. The van der Waals surface area contributed by atoms with E-state index < -0.39 is 0 Å². The predicted octanol–water partition coefficient (Wildman–Crippen LogP) is 3.90. The summed E-state index contributed by atoms with van der Waals surface area (Å²) in [7, 11) is 0. The maximum atomic E-state index is 11.5. The van der Waals surface area contributed by atoms with E-state index in [4.69, 9.17) is 0 Å². The summed E-state index contributed by atoms with van der Waals surface area (Å²) in [6, 6.07) is 0. The Morgan fingerprint density at radius 1 is 1.44 bits per heavy atom. The van der Waals surface area contributed by atoms with E-state index in [9.17, 15) is 4.79 Å². The molecule has 2 aliphatic carbocycles. The minimum absolute atomic E-state index is 0.271. The summed E-state index contributed by atoms with van der Waals surface area (Å²) in [6.45, 7) is 8.92. The molecule has 1 heteroatoms. The average molecular weight is 218 g/mol. The van der Waals surface area contributed by atoms with Gasteiger partial charge in [0, 0.05) is 11.8 Å². The quantitative estimate of drug-likeness (QED) is 0.610. The SMILES string of the molecule is CC1=CC(=O)CC(C)C12CC=C(C(C)C)C2. The fourth-order valence-electron chi connectivity index (χ4n) is 3.27. The van der Waals surface area contributed by atoms with Crippen molar-refractivity contribution in [3.63, 3.8) is 0 Å². The van der Waals surface area contributed by atoms with Crippen molar-refractivity contribution in [2.45, 2.75) is 47.0 Å². The minimum Gasteiger partial charge on any atom is -0.295 e. The Kier molecular flexibility index (Phi) is 2.81. The maximum absolute atomic E-state index is 11.5. The van der Waals surface area contributed by atoms with Crippen molar-refractivity contribution in [1.29, 1.82) is 0 Å². The first-order valence-electron chi connectivity index (χ1n) is 6.36. The summed E-state index contributed by atoms with van der Waals surface area (Å²) < 4.78 is 0. The summed E-state index contributed by atoms with van der Waals surface area (Å²) >= 11 is 0. The summed E-state index contributed by atoms with van der Waals surface area (Å²) in [5.41, 5.74) is 3.16. The van der Waals surface area contributed by atoms with Crippen LogP contribution < -0.4 is 0 Å². The molecule has 0 saturated heterocycles. The van der Waals surface area contributed by atoms with Gasteiger partial charge in [-0.15, -0.1) is 0 Å². The first kappa shape index (κ1) is 11.6. The van der Waals surface area contributed by atoms with E-state index in [1.54, 1.807) is 5.57 Å². The number of allylic oxidation sites excluding steroid dienone is 4. The van der Waals surface area contributed by atoms with Crippen LogP contribution in [0.2, 0.25) is 0 Å². The van der Waals surface area contributed by atoms with Gasteiger partial charge in [0.25, 0.3) is 0 Å². The molecule has 2 rings (SSSR count). The lowest BCUT2D eigenvalue weighted by Gasteiger charge is -2.40. The molecule has 0 aromatic rings. The highest BCUT2D eigenvalue weighted by Gasteiger charge is 2.44. The second-order valence-corrected chi connectivity index (χ2v) is 5.87. The minimum atomic E-state index is 0.271. The van der Waals surface area contributed by atoms with Gasteiger partial charge >= 0.3 is 0 Å². The molecule has 0 saturated carbocycles. The van der Waals surface area contributed by atoms with E-state index in [0.717, 1.165) is 12.8 Å². The second kappa shape index (κ2) is 3.87. The van der Waals surface area contributed by atoms with Crippen LogP contribution in [0, 0.1) is 17.3 Å². The number of carbonyl (C=O) groups is 1. The van der Waals surface area contributed by atoms with E-state index in [0.29, 0.717) is 17.6 Å². The Morgan fingerprint density at radius 3 is 2.62 bits per heavy atom. The Labute approximate surface area is 98.6 Å². The molecular weight excluding hydrogens is 196 g/mol. The van der Waals surface area contributed by atoms with Gasteiger partial charge in [0.15, 0.2) is 5.78 Å². The highest BCUT2D eigenvalue weighted by molar-refractivity contribution is 5.91. The Morgan fingerprint density at radius 2 is 2.12 bits per heavy atom. The average Bonchev–Trinajstić information content (AvgIpc) is 2.60. The van der Waals surface area contributed by atoms with Crippen LogP contribution in [0.1, 0.15) is 47.0 Å². The highest BCUT2D eigenvalue weighted by Crippen LogP contribution is 2.53. The van der Waals surface area contributed by atoms with Crippen LogP contribution in [0.3, 0.4) is 0 Å². The smallest absolute Gasteiger partial charge is 0.155 e. The summed E-state index contributed by atoms with van der Waals surface area (Å²) in [5, 5.41) is 0. The van der Waals surface area contributed by atoms with Gasteiger partial charge in [-0.1, -0.05) is 38.0 Å². The van der Waals surface area contributed by atoms with Gasteiger partial charge in [0.1, 0.15) is 0 Å². The molecule has 0 heterocycles. The van der Waals surface area contributed by atoms with Gasteiger partial charge in [-0.05, 0) is 37.7 Å². The number of hydrogen-bond donors (Lipinski definition) is 0. The van der Waals surface area contributed by atoms with E-state index >= 15 is 0 Å². The molecule has 88 valence electrons. The monoisotopic (exact) mass is 218 g/mol. The van der Waals surface area contributed by atoms with E-state index in [1.165, 1.54) is 12.0 Å². The second-order valence-electron chi connectivity index (χ2n) is 5.87. The lowest BCUT2D eigenvalue weighted by molar-refractivity contribution is -0.117. The van der Waals surface area contributed by atoms with E-state index in [2.05, 4.69) is 33.8 Å². The van der Waals surface area contributed by atoms with Crippen LogP contribution in [0.4, 0.5) is 0 Å². The van der Waals surface area contributed by atoms with Crippen LogP contribution in [-0.2, 0) is 4.79 Å². The van der Waals surface area contributed by atoms with Crippen molar-refractivity contribution in [1.82, 2.24) is 0 Å². The molecule has 2 aliphatic rings. The normalized spacial score (nSPS) is 34.6. The van der Waals surface area contributed by atoms with E-state index in [1.807, 2.05) is 6.08 Å². The molecule has 1 spiro atoms. The molecule has 0 fully saturated rings. The van der Waals surface area contributed by atoms with Crippen molar-refractivity contribution in [3.05, 3.63) is 23.3 Å². The van der Waals surface area contributed by atoms with Gasteiger partial charge in [-0.25, -0.2) is 0 Å². The fraction of sp³-hybridized carbons (Fsp3) is 0.667. The van der Waals surface area contributed by atoms with Gasteiger partial charge in [-0.3, -0.25) is 4.79 Å². The van der Waals surface area contributed by atoms with E-state index in [-0.39, 0.29) is 5.41 Å². The molecule has 16 heavy (non-hydrogen) atoms. The molecule has 0 aromatic carbocycles. The molecule has 0 bridgehead atoms. The van der Waals surface area contributed by atoms with Gasteiger partial charge in [-0.2, -0.15) is 0 Å². The predicted molar refractivity (Wildman–Crippen MR) is 67.1 cm³/mol. The zero-order valence-electron chi connectivity index (χ0n) is 10.8. The lowest BCUT2D eigenvalue weighted by Crippen LogP contribution is -2.33. The number of carbonyl (C=O) groups excluding carboxylic acids is 1. The van der Waals surface area contributed by atoms with Gasteiger partial charge < -0.3 is 0 Å². The van der Waals surface area contributed by atoms with Gasteiger partial charge in [0.05, 0.1) is 0 Å². The topological polar surface area (TPSA) is 17.1 Å². The Hall–Kier alpha value is -0.850. The molecular formula is C15H22O. The van der Waals surface area contributed by atoms with Crippen molar-refractivity contribution in [3.8, 4) is 0 Å². The van der Waals surface area contributed by atoms with Crippen LogP contribution in [0.25, 0.3) is 0 Å². The summed E-state index contributed by atoms with van der Waals surface area (Å²) in [6.07, 6.45) is 7.33. The van der Waals surface area contributed by atoms with Gasteiger partial charge in [0.2, 0.25) is 0 Å². The lowest BCUT2D eigenvalue weighted by atomic mass is 9.64. The molecule has 0 aliphatic heterocycles. The van der Waals surface area contributed by atoms with Crippen molar-refractivity contribution >= 4 is 5.78 Å². The largest absolute Gasteiger partial charge is 0.295 e. The maximum Gasteiger partial charge on any atom is 0.155 e. The van der Waals surface area contributed by atoms with Crippen LogP contribution in [0.5, 0.6) is 0 Å². The van der Waals surface area contributed by atoms with Crippen molar-refractivity contribution < 1.29 is 4.79 Å². The zero-order chi connectivity index (χ0) is 11.9. The number of hydrogen-bond acceptors (Lipinski definition) is 1. The first-order valence-corrected chi connectivity index (χ1v) is 6.36. The zero-order valence-corrected chi connectivity index (χ0v) is 10.8. The fourth-order valence-corrected chi connectivity index (χ4v) is 3.27. The summed E-state index contributed by atoms with van der Waals surface area (Å²) in [4.78, 5) is 11.5. The standard InChI is InChI=1S/C15H22O/c1-10(2)13-5-6-15(9-13)11(3)7-14(16)8-12(15)4/h5,7,10,12H,6,8-9H2,1-4H3. The Balaban J connectivity index is 2.28. The molecule has 0 radical (unpaired) electrons. The Bertz CT molecular complexity index is 373. The molecule has 1 nitrogen and oxygen atoms in total. The first-order chi connectivity index (χ1) is 7.45. The number of rotatable bonds is 1. The molecule has 0 N–H and O–H groups in total. The number of ketones is 1.